The molecule has 0 bridgehead atoms. The number of rotatable bonds is 3. The number of hydrogen-bond donors (Lipinski definition) is 2. The molecule has 5 nitrogen and oxygen atoms in total. The SMILES string of the molecule is Cc1nnc(Sc2ccccc2Cl)c(/C(N)=N/O)c1C. The summed E-state index contributed by atoms with van der Waals surface area (Å²) in [4.78, 5) is 0.832. The smallest absolute Gasteiger partial charge is 0.173 e. The Balaban J connectivity index is 2.53. The number of halogens is 1. The molecule has 0 unspecified atom stereocenters. The van der Waals surface area contributed by atoms with Crippen LogP contribution in [0.5, 0.6) is 0 Å². The van der Waals surface area contributed by atoms with Crippen molar-refractivity contribution in [3.8, 4) is 0 Å². The fraction of sp³-hybridized carbons (Fsp3) is 0.154. The highest BCUT2D eigenvalue weighted by atomic mass is 35.5. The summed E-state index contributed by atoms with van der Waals surface area (Å²) in [6.07, 6.45) is 0. The van der Waals surface area contributed by atoms with Gasteiger partial charge in [-0.05, 0) is 31.5 Å². The van der Waals surface area contributed by atoms with Gasteiger partial charge in [0.15, 0.2) is 5.84 Å². The Morgan fingerprint density at radius 3 is 2.65 bits per heavy atom. The van der Waals surface area contributed by atoms with Crippen LogP contribution in [0, 0.1) is 13.8 Å². The first-order valence-corrected chi connectivity index (χ1v) is 6.98. The van der Waals surface area contributed by atoms with Crippen LogP contribution in [0.1, 0.15) is 16.8 Å². The van der Waals surface area contributed by atoms with E-state index in [-0.39, 0.29) is 5.84 Å². The maximum absolute atomic E-state index is 8.93. The summed E-state index contributed by atoms with van der Waals surface area (Å²) >= 11 is 7.46. The standard InChI is InChI=1S/C13H13ClN4OS/c1-7-8(2)16-17-13(11(7)12(15)18-19)20-10-6-4-3-5-9(10)14/h3-6,19H,1-2H3,(H2,15,18). The predicted molar refractivity (Wildman–Crippen MR) is 79.6 cm³/mol. The molecule has 2 rings (SSSR count). The Labute approximate surface area is 125 Å². The summed E-state index contributed by atoms with van der Waals surface area (Å²) < 4.78 is 0. The van der Waals surface area contributed by atoms with Crippen LogP contribution in [0.2, 0.25) is 5.02 Å². The summed E-state index contributed by atoms with van der Waals surface area (Å²) in [6.45, 7) is 3.68. The maximum atomic E-state index is 8.93. The van der Waals surface area contributed by atoms with E-state index in [4.69, 9.17) is 22.5 Å². The molecule has 3 N–H and O–H groups in total. The summed E-state index contributed by atoms with van der Waals surface area (Å²) in [5, 5.41) is 21.4. The molecule has 0 aliphatic heterocycles. The maximum Gasteiger partial charge on any atom is 0.173 e. The van der Waals surface area contributed by atoms with E-state index >= 15 is 0 Å². The van der Waals surface area contributed by atoms with Crippen LogP contribution in [0.15, 0.2) is 39.3 Å². The van der Waals surface area contributed by atoms with E-state index in [2.05, 4.69) is 15.4 Å². The van der Waals surface area contributed by atoms with Crippen LogP contribution in [-0.4, -0.2) is 21.2 Å². The monoisotopic (exact) mass is 308 g/mol. The van der Waals surface area contributed by atoms with Crippen molar-refractivity contribution < 1.29 is 5.21 Å². The van der Waals surface area contributed by atoms with Crippen molar-refractivity contribution in [3.63, 3.8) is 0 Å². The molecule has 2 aromatic rings. The molecule has 1 aromatic heterocycles. The number of benzene rings is 1. The lowest BCUT2D eigenvalue weighted by molar-refractivity contribution is 0.318. The van der Waals surface area contributed by atoms with Crippen molar-refractivity contribution in [2.24, 2.45) is 10.9 Å². The molecular formula is C13H13ClN4OS. The van der Waals surface area contributed by atoms with Gasteiger partial charge in [-0.2, -0.15) is 5.10 Å². The third kappa shape index (κ3) is 2.86. The van der Waals surface area contributed by atoms with E-state index in [1.165, 1.54) is 11.8 Å². The van der Waals surface area contributed by atoms with E-state index in [0.717, 1.165) is 16.2 Å². The molecule has 20 heavy (non-hydrogen) atoms. The first-order valence-electron chi connectivity index (χ1n) is 5.78. The minimum atomic E-state index is 0.00931. The van der Waals surface area contributed by atoms with Gasteiger partial charge >= 0.3 is 0 Å². The average molecular weight is 309 g/mol. The zero-order chi connectivity index (χ0) is 14.7. The van der Waals surface area contributed by atoms with Gasteiger partial charge in [-0.25, -0.2) is 0 Å². The van der Waals surface area contributed by atoms with Gasteiger partial charge < -0.3 is 10.9 Å². The molecule has 0 spiro atoms. The van der Waals surface area contributed by atoms with Gasteiger partial charge in [-0.15, -0.1) is 5.10 Å². The van der Waals surface area contributed by atoms with Gasteiger partial charge in [0.1, 0.15) is 5.03 Å². The highest BCUT2D eigenvalue weighted by Gasteiger charge is 2.17. The quantitative estimate of drug-likeness (QED) is 0.394. The number of nitrogens with zero attached hydrogens (tertiary/aromatic N) is 3. The van der Waals surface area contributed by atoms with E-state index in [9.17, 15) is 0 Å². The summed E-state index contributed by atoms with van der Waals surface area (Å²) in [6, 6.07) is 7.40. The van der Waals surface area contributed by atoms with Crippen LogP contribution in [0.4, 0.5) is 0 Å². The number of aromatic nitrogens is 2. The van der Waals surface area contributed by atoms with Gasteiger partial charge in [0.25, 0.3) is 0 Å². The van der Waals surface area contributed by atoms with Gasteiger partial charge in [0.2, 0.25) is 0 Å². The Morgan fingerprint density at radius 2 is 2.00 bits per heavy atom. The summed E-state index contributed by atoms with van der Waals surface area (Å²) in [5.74, 6) is 0.00931. The lowest BCUT2D eigenvalue weighted by Gasteiger charge is -2.11. The highest BCUT2D eigenvalue weighted by molar-refractivity contribution is 7.99. The third-order valence-electron chi connectivity index (χ3n) is 2.83. The van der Waals surface area contributed by atoms with Crippen LogP contribution in [0.3, 0.4) is 0 Å². The molecule has 0 saturated heterocycles. The van der Waals surface area contributed by atoms with Gasteiger partial charge in [0.05, 0.1) is 16.3 Å². The van der Waals surface area contributed by atoms with Crippen molar-refractivity contribution in [1.82, 2.24) is 10.2 Å². The zero-order valence-electron chi connectivity index (χ0n) is 11.0. The largest absolute Gasteiger partial charge is 0.409 e. The normalized spacial score (nSPS) is 11.7. The molecular weight excluding hydrogens is 296 g/mol. The minimum Gasteiger partial charge on any atom is -0.409 e. The number of oxime groups is 1. The van der Waals surface area contributed by atoms with Crippen LogP contribution >= 0.6 is 23.4 Å². The van der Waals surface area contributed by atoms with Gasteiger partial charge in [0, 0.05) is 4.90 Å². The molecule has 0 aliphatic carbocycles. The Kier molecular flexibility index (Phi) is 4.46. The van der Waals surface area contributed by atoms with Crippen molar-refractivity contribution in [3.05, 3.63) is 46.1 Å². The van der Waals surface area contributed by atoms with Crippen LogP contribution in [0.25, 0.3) is 0 Å². The van der Waals surface area contributed by atoms with Gasteiger partial charge in [-0.3, -0.25) is 0 Å². The first kappa shape index (κ1) is 14.6. The zero-order valence-corrected chi connectivity index (χ0v) is 12.5. The Hall–Kier alpha value is -1.79. The van der Waals surface area contributed by atoms with E-state index < -0.39 is 0 Å². The van der Waals surface area contributed by atoms with Crippen molar-refractivity contribution in [2.75, 3.05) is 0 Å². The Morgan fingerprint density at radius 1 is 1.30 bits per heavy atom. The molecule has 1 aromatic carbocycles. The third-order valence-corrected chi connectivity index (χ3v) is 4.33. The number of amidine groups is 1. The van der Waals surface area contributed by atoms with Gasteiger partial charge in [-0.1, -0.05) is 40.7 Å². The molecule has 0 radical (unpaired) electrons. The molecule has 1 heterocycles. The number of aryl methyl sites for hydroxylation is 1. The van der Waals surface area contributed by atoms with Crippen molar-refractivity contribution in [2.45, 2.75) is 23.8 Å². The molecule has 0 amide bonds. The second kappa shape index (κ2) is 6.11. The second-order valence-electron chi connectivity index (χ2n) is 4.11. The fourth-order valence-corrected chi connectivity index (χ4v) is 2.85. The van der Waals surface area contributed by atoms with Crippen molar-refractivity contribution >= 4 is 29.2 Å². The van der Waals surface area contributed by atoms with Crippen LogP contribution < -0.4 is 5.73 Å². The molecule has 0 saturated carbocycles. The Bertz CT molecular complexity index is 675. The molecule has 7 heteroatoms. The van der Waals surface area contributed by atoms with E-state index in [1.807, 2.05) is 32.0 Å². The number of hydrogen-bond acceptors (Lipinski definition) is 5. The first-order chi connectivity index (χ1) is 9.54. The fourth-order valence-electron chi connectivity index (χ4n) is 1.64. The van der Waals surface area contributed by atoms with E-state index in [1.54, 1.807) is 6.07 Å². The molecule has 0 fully saturated rings. The second-order valence-corrected chi connectivity index (χ2v) is 5.55. The molecule has 0 aliphatic rings. The number of nitrogens with two attached hydrogens (primary N) is 1. The topological polar surface area (TPSA) is 84.4 Å². The lowest BCUT2D eigenvalue weighted by Crippen LogP contribution is -2.18. The van der Waals surface area contributed by atoms with Crippen LogP contribution in [-0.2, 0) is 0 Å². The average Bonchev–Trinajstić information content (AvgIpc) is 2.45. The molecule has 104 valence electrons. The van der Waals surface area contributed by atoms with Crippen molar-refractivity contribution in [1.29, 1.82) is 0 Å². The predicted octanol–water partition coefficient (Wildman–Crippen LogP) is 2.99. The highest BCUT2D eigenvalue weighted by Crippen LogP contribution is 2.34. The molecule has 0 atom stereocenters. The minimum absolute atomic E-state index is 0.00931. The van der Waals surface area contributed by atoms with E-state index in [0.29, 0.717) is 15.6 Å². The lowest BCUT2D eigenvalue weighted by atomic mass is 10.1. The summed E-state index contributed by atoms with van der Waals surface area (Å²) in [7, 11) is 0. The summed E-state index contributed by atoms with van der Waals surface area (Å²) in [5.41, 5.74) is 7.87.